The second kappa shape index (κ2) is 4.79. The molecule has 0 aliphatic rings. The Morgan fingerprint density at radius 2 is 2.11 bits per heavy atom. The summed E-state index contributed by atoms with van der Waals surface area (Å²) in [6, 6.07) is 7.02. The monoisotopic (exact) mass is 247 g/mol. The fraction of sp³-hybridized carbons (Fsp3) is 0.0833. The van der Waals surface area contributed by atoms with E-state index >= 15 is 0 Å². The number of nitrogens with zero attached hydrogens (tertiary/aromatic N) is 1. The number of aromatic amines is 1. The maximum Gasteiger partial charge on any atom is 0.262 e. The van der Waals surface area contributed by atoms with Gasteiger partial charge in [-0.05, 0) is 31.2 Å². The highest BCUT2D eigenvalue weighted by Crippen LogP contribution is 2.05. The van der Waals surface area contributed by atoms with Crippen molar-refractivity contribution in [2.24, 2.45) is 0 Å². The van der Waals surface area contributed by atoms with Crippen LogP contribution in [-0.2, 0) is 0 Å². The average Bonchev–Trinajstić information content (AvgIpc) is 2.28. The molecule has 6 heteroatoms. The van der Waals surface area contributed by atoms with Crippen molar-refractivity contribution in [1.82, 2.24) is 9.97 Å². The van der Waals surface area contributed by atoms with Crippen LogP contribution in [0.1, 0.15) is 16.1 Å². The molecule has 0 radical (unpaired) electrons. The fourth-order valence-electron chi connectivity index (χ4n) is 1.41. The molecule has 2 aromatic heterocycles. The van der Waals surface area contributed by atoms with Crippen LogP contribution in [-0.4, -0.2) is 15.9 Å². The minimum absolute atomic E-state index is 0.0494. The van der Waals surface area contributed by atoms with Crippen molar-refractivity contribution in [2.45, 2.75) is 6.92 Å². The normalized spacial score (nSPS) is 10.1. The third kappa shape index (κ3) is 2.60. The Morgan fingerprint density at radius 3 is 2.78 bits per heavy atom. The molecule has 5 nitrogen and oxygen atoms in total. The van der Waals surface area contributed by atoms with Crippen LogP contribution in [0.3, 0.4) is 0 Å². The highest BCUT2D eigenvalue weighted by atomic mass is 19.1. The van der Waals surface area contributed by atoms with Crippen molar-refractivity contribution in [3.63, 3.8) is 0 Å². The number of anilines is 1. The second-order valence-corrected chi connectivity index (χ2v) is 3.68. The van der Waals surface area contributed by atoms with Gasteiger partial charge in [-0.1, -0.05) is 6.07 Å². The number of H-pyrrole nitrogens is 1. The number of amides is 1. The molecule has 0 saturated carbocycles. The van der Waals surface area contributed by atoms with Crippen molar-refractivity contribution in [3.8, 4) is 0 Å². The number of hydrogen-bond acceptors (Lipinski definition) is 3. The first-order valence-corrected chi connectivity index (χ1v) is 5.20. The molecule has 0 saturated heterocycles. The first-order valence-electron chi connectivity index (χ1n) is 5.20. The summed E-state index contributed by atoms with van der Waals surface area (Å²) in [5.41, 5.74) is 0.107. The predicted octanol–water partition coefficient (Wildman–Crippen LogP) is 1.47. The Balaban J connectivity index is 2.25. The SMILES string of the molecule is Cc1ccc(C(=O)Nc2cccc(F)n2)c(=O)[nH]1. The molecule has 2 aromatic rings. The van der Waals surface area contributed by atoms with Gasteiger partial charge in [-0.25, -0.2) is 4.98 Å². The standard InChI is InChI=1S/C12H10FN3O2/c1-7-5-6-8(11(17)14-7)12(18)16-10-4-2-3-9(13)15-10/h2-6H,1H3,(H,14,17)(H,15,16,18). The van der Waals surface area contributed by atoms with E-state index in [1.807, 2.05) is 0 Å². The van der Waals surface area contributed by atoms with E-state index in [1.165, 1.54) is 18.2 Å². The molecule has 0 atom stereocenters. The van der Waals surface area contributed by atoms with Crippen molar-refractivity contribution >= 4 is 11.7 Å². The largest absolute Gasteiger partial charge is 0.326 e. The van der Waals surface area contributed by atoms with E-state index in [4.69, 9.17) is 0 Å². The smallest absolute Gasteiger partial charge is 0.262 e. The third-order valence-corrected chi connectivity index (χ3v) is 2.26. The van der Waals surface area contributed by atoms with Gasteiger partial charge in [-0.2, -0.15) is 4.39 Å². The van der Waals surface area contributed by atoms with Crippen LogP contribution in [0, 0.1) is 12.9 Å². The summed E-state index contributed by atoms with van der Waals surface area (Å²) in [4.78, 5) is 29.3. The highest BCUT2D eigenvalue weighted by molar-refractivity contribution is 6.03. The van der Waals surface area contributed by atoms with Crippen molar-refractivity contribution in [2.75, 3.05) is 5.32 Å². The van der Waals surface area contributed by atoms with Gasteiger partial charge in [0.25, 0.3) is 11.5 Å². The van der Waals surface area contributed by atoms with Gasteiger partial charge < -0.3 is 10.3 Å². The fourth-order valence-corrected chi connectivity index (χ4v) is 1.41. The van der Waals surface area contributed by atoms with Crippen LogP contribution in [0.5, 0.6) is 0 Å². The van der Waals surface area contributed by atoms with Crippen molar-refractivity contribution in [1.29, 1.82) is 0 Å². The quantitative estimate of drug-likeness (QED) is 0.789. The van der Waals surface area contributed by atoms with E-state index in [2.05, 4.69) is 15.3 Å². The van der Waals surface area contributed by atoms with Gasteiger partial charge in [-0.15, -0.1) is 0 Å². The molecular formula is C12H10FN3O2. The minimum Gasteiger partial charge on any atom is -0.326 e. The topological polar surface area (TPSA) is 74.8 Å². The number of nitrogens with one attached hydrogen (secondary N) is 2. The molecule has 2 heterocycles. The summed E-state index contributed by atoms with van der Waals surface area (Å²) in [5, 5.41) is 2.35. The molecule has 2 rings (SSSR count). The van der Waals surface area contributed by atoms with Crippen molar-refractivity contribution < 1.29 is 9.18 Å². The lowest BCUT2D eigenvalue weighted by atomic mass is 10.2. The molecule has 0 unspecified atom stereocenters. The lowest BCUT2D eigenvalue weighted by Gasteiger charge is -2.03. The molecule has 0 aliphatic carbocycles. The minimum atomic E-state index is -0.703. The summed E-state index contributed by atoms with van der Waals surface area (Å²) in [7, 11) is 0. The molecule has 0 aliphatic heterocycles. The number of rotatable bonds is 2. The molecule has 0 bridgehead atoms. The zero-order chi connectivity index (χ0) is 13.1. The van der Waals surface area contributed by atoms with Gasteiger partial charge >= 0.3 is 0 Å². The number of aromatic nitrogens is 2. The zero-order valence-electron chi connectivity index (χ0n) is 9.53. The third-order valence-electron chi connectivity index (χ3n) is 2.26. The molecule has 0 aromatic carbocycles. The maximum absolute atomic E-state index is 12.8. The summed E-state index contributed by atoms with van der Waals surface area (Å²) < 4.78 is 12.8. The van der Waals surface area contributed by atoms with Gasteiger partial charge in [0, 0.05) is 5.69 Å². The molecule has 2 N–H and O–H groups in total. The van der Waals surface area contributed by atoms with Crippen LogP contribution in [0.15, 0.2) is 35.1 Å². The summed E-state index contributed by atoms with van der Waals surface area (Å²) in [6.45, 7) is 1.71. The van der Waals surface area contributed by atoms with Gasteiger partial charge in [-0.3, -0.25) is 9.59 Å². The molecular weight excluding hydrogens is 237 g/mol. The molecule has 0 spiro atoms. The van der Waals surface area contributed by atoms with Crippen LogP contribution in [0.4, 0.5) is 10.2 Å². The van der Waals surface area contributed by atoms with Crippen LogP contribution in [0.25, 0.3) is 0 Å². The lowest BCUT2D eigenvalue weighted by molar-refractivity contribution is 0.102. The molecule has 18 heavy (non-hydrogen) atoms. The second-order valence-electron chi connectivity index (χ2n) is 3.68. The molecule has 1 amide bonds. The maximum atomic E-state index is 12.8. The number of aryl methyl sites for hydroxylation is 1. The molecule has 92 valence electrons. The van der Waals surface area contributed by atoms with E-state index in [-0.39, 0.29) is 11.4 Å². The first kappa shape index (κ1) is 12.0. The summed E-state index contributed by atoms with van der Waals surface area (Å²) in [6.07, 6.45) is 0. The van der Waals surface area contributed by atoms with Crippen LogP contribution >= 0.6 is 0 Å². The summed E-state index contributed by atoms with van der Waals surface area (Å²) in [5.74, 6) is -1.28. The van der Waals surface area contributed by atoms with Crippen LogP contribution in [0.2, 0.25) is 0 Å². The van der Waals surface area contributed by atoms with E-state index in [0.29, 0.717) is 5.69 Å². The molecule has 0 fully saturated rings. The van der Waals surface area contributed by atoms with Gasteiger partial charge in [0.15, 0.2) is 0 Å². The first-order chi connectivity index (χ1) is 8.56. The lowest BCUT2D eigenvalue weighted by Crippen LogP contribution is -2.23. The van der Waals surface area contributed by atoms with Gasteiger partial charge in [0.2, 0.25) is 5.95 Å². The Morgan fingerprint density at radius 1 is 1.33 bits per heavy atom. The Kier molecular flexibility index (Phi) is 3.18. The predicted molar refractivity (Wildman–Crippen MR) is 63.9 cm³/mol. The van der Waals surface area contributed by atoms with Crippen LogP contribution < -0.4 is 10.9 Å². The highest BCUT2D eigenvalue weighted by Gasteiger charge is 2.11. The van der Waals surface area contributed by atoms with E-state index in [9.17, 15) is 14.0 Å². The van der Waals surface area contributed by atoms with E-state index < -0.39 is 17.4 Å². The van der Waals surface area contributed by atoms with Gasteiger partial charge in [0.1, 0.15) is 11.4 Å². The van der Waals surface area contributed by atoms with E-state index in [1.54, 1.807) is 13.0 Å². The Bertz CT molecular complexity index is 652. The Hall–Kier alpha value is -2.50. The number of halogens is 1. The number of pyridine rings is 2. The van der Waals surface area contributed by atoms with E-state index in [0.717, 1.165) is 6.07 Å². The average molecular weight is 247 g/mol. The number of carbonyl (C=O) groups is 1. The Labute approximate surface area is 102 Å². The van der Waals surface area contributed by atoms with Crippen molar-refractivity contribution in [3.05, 3.63) is 57.9 Å². The summed E-state index contributed by atoms with van der Waals surface area (Å²) >= 11 is 0. The zero-order valence-corrected chi connectivity index (χ0v) is 9.53. The number of hydrogen-bond donors (Lipinski definition) is 2. The number of carbonyl (C=O) groups excluding carboxylic acids is 1. The van der Waals surface area contributed by atoms with Gasteiger partial charge in [0.05, 0.1) is 0 Å².